The van der Waals surface area contributed by atoms with E-state index in [1.54, 1.807) is 11.0 Å². The fraction of sp³-hybridized carbons (Fsp3) is 0.500. The number of fused-ring (bicyclic) bond motifs is 1. The minimum atomic E-state index is -0.532. The molecule has 0 atom stereocenters. The molecule has 0 radical (unpaired) electrons. The number of benzene rings is 1. The van der Waals surface area contributed by atoms with E-state index >= 15 is 0 Å². The van der Waals surface area contributed by atoms with Crippen LogP contribution in [0.3, 0.4) is 0 Å². The highest BCUT2D eigenvalue weighted by atomic mass is 79.9. The van der Waals surface area contributed by atoms with Gasteiger partial charge in [0, 0.05) is 26.2 Å². The van der Waals surface area contributed by atoms with E-state index in [-0.39, 0.29) is 16.1 Å². The highest BCUT2D eigenvalue weighted by molar-refractivity contribution is 9.10. The number of nitrogens with zero attached hydrogens (tertiary/aromatic N) is 4. The third-order valence-electron chi connectivity index (χ3n) is 4.20. The van der Waals surface area contributed by atoms with Crippen LogP contribution in [0.2, 0.25) is 0 Å². The SMILES string of the molecule is COc1cc(Br)c(F)c2ncnc(N3CCN(C(=O)OC(C)(C)C)CC3)c12. The molecular formula is C18H22BrFN4O3. The van der Waals surface area contributed by atoms with Gasteiger partial charge in [-0.3, -0.25) is 0 Å². The molecule has 9 heteroatoms. The Bertz CT molecular complexity index is 864. The fourth-order valence-electron chi connectivity index (χ4n) is 2.96. The summed E-state index contributed by atoms with van der Waals surface area (Å²) in [5.74, 6) is 0.623. The maximum Gasteiger partial charge on any atom is 0.410 e. The van der Waals surface area contributed by atoms with Crippen molar-refractivity contribution in [1.82, 2.24) is 14.9 Å². The number of methoxy groups -OCH3 is 1. The number of aromatic nitrogens is 2. The smallest absolute Gasteiger partial charge is 0.410 e. The van der Waals surface area contributed by atoms with Crippen molar-refractivity contribution in [2.24, 2.45) is 0 Å². The van der Waals surface area contributed by atoms with Crippen LogP contribution in [0.25, 0.3) is 10.9 Å². The number of carbonyl (C=O) groups excluding carboxylic acids is 1. The van der Waals surface area contributed by atoms with E-state index in [0.29, 0.717) is 43.1 Å². The zero-order valence-electron chi connectivity index (χ0n) is 15.8. The predicted molar refractivity (Wildman–Crippen MR) is 104 cm³/mol. The highest BCUT2D eigenvalue weighted by Crippen LogP contribution is 2.37. The van der Waals surface area contributed by atoms with Crippen molar-refractivity contribution >= 4 is 38.7 Å². The maximum absolute atomic E-state index is 14.5. The van der Waals surface area contributed by atoms with Gasteiger partial charge in [0.05, 0.1) is 17.0 Å². The van der Waals surface area contributed by atoms with Crippen molar-refractivity contribution < 1.29 is 18.7 Å². The normalized spacial score (nSPS) is 15.2. The van der Waals surface area contributed by atoms with E-state index in [1.165, 1.54) is 13.4 Å². The Hall–Kier alpha value is -2.16. The number of carbonyl (C=O) groups is 1. The Kier molecular flexibility index (Phi) is 5.41. The van der Waals surface area contributed by atoms with Crippen molar-refractivity contribution in [3.8, 4) is 5.75 Å². The molecular weight excluding hydrogens is 419 g/mol. The van der Waals surface area contributed by atoms with Gasteiger partial charge in [0.2, 0.25) is 0 Å². The Labute approximate surface area is 165 Å². The molecule has 1 aliphatic heterocycles. The average Bonchev–Trinajstić information content (AvgIpc) is 2.63. The molecule has 1 aliphatic rings. The van der Waals surface area contributed by atoms with Crippen LogP contribution >= 0.6 is 15.9 Å². The Morgan fingerprint density at radius 1 is 1.22 bits per heavy atom. The lowest BCUT2D eigenvalue weighted by atomic mass is 10.1. The maximum atomic E-state index is 14.5. The lowest BCUT2D eigenvalue weighted by molar-refractivity contribution is 0.0240. The number of ether oxygens (including phenoxy) is 2. The molecule has 0 unspecified atom stereocenters. The molecule has 146 valence electrons. The summed E-state index contributed by atoms with van der Waals surface area (Å²) in [6, 6.07) is 1.57. The van der Waals surface area contributed by atoms with Gasteiger partial charge in [0.15, 0.2) is 5.82 Å². The van der Waals surface area contributed by atoms with Crippen molar-refractivity contribution in [2.45, 2.75) is 26.4 Å². The molecule has 2 aromatic rings. The van der Waals surface area contributed by atoms with E-state index in [1.807, 2.05) is 25.7 Å². The summed E-state index contributed by atoms with van der Waals surface area (Å²) in [4.78, 5) is 24.3. The van der Waals surface area contributed by atoms with E-state index in [2.05, 4.69) is 25.9 Å². The average molecular weight is 441 g/mol. The first-order valence-corrected chi connectivity index (χ1v) is 9.40. The second-order valence-electron chi connectivity index (χ2n) is 7.25. The van der Waals surface area contributed by atoms with Gasteiger partial charge >= 0.3 is 6.09 Å². The fourth-order valence-corrected chi connectivity index (χ4v) is 3.36. The molecule has 0 saturated carbocycles. The van der Waals surface area contributed by atoms with Crippen molar-refractivity contribution in [3.05, 3.63) is 22.7 Å². The predicted octanol–water partition coefficient (Wildman–Crippen LogP) is 3.60. The summed E-state index contributed by atoms with van der Waals surface area (Å²) in [7, 11) is 1.52. The molecule has 1 saturated heterocycles. The first kappa shape index (κ1) is 19.6. The quantitative estimate of drug-likeness (QED) is 0.710. The molecule has 3 rings (SSSR count). The van der Waals surface area contributed by atoms with Crippen LogP contribution < -0.4 is 9.64 Å². The number of halogens is 2. The number of hydrogen-bond acceptors (Lipinski definition) is 6. The second kappa shape index (κ2) is 7.46. The first-order valence-electron chi connectivity index (χ1n) is 8.61. The van der Waals surface area contributed by atoms with Gasteiger partial charge in [-0.25, -0.2) is 19.2 Å². The van der Waals surface area contributed by atoms with Crippen LogP contribution in [-0.2, 0) is 4.74 Å². The van der Waals surface area contributed by atoms with Crippen LogP contribution in [0.5, 0.6) is 5.75 Å². The number of hydrogen-bond donors (Lipinski definition) is 0. The van der Waals surface area contributed by atoms with Crippen LogP contribution in [0.1, 0.15) is 20.8 Å². The van der Waals surface area contributed by atoms with Gasteiger partial charge in [0.1, 0.15) is 29.0 Å². The van der Waals surface area contributed by atoms with Gasteiger partial charge in [-0.05, 0) is 42.8 Å². The zero-order valence-corrected chi connectivity index (χ0v) is 17.3. The highest BCUT2D eigenvalue weighted by Gasteiger charge is 2.28. The summed E-state index contributed by atoms with van der Waals surface area (Å²) in [6.45, 7) is 7.59. The molecule has 0 aliphatic carbocycles. The molecule has 0 spiro atoms. The van der Waals surface area contributed by atoms with Gasteiger partial charge in [-0.1, -0.05) is 0 Å². The number of anilines is 1. The third kappa shape index (κ3) is 4.07. The molecule has 1 fully saturated rings. The molecule has 1 amide bonds. The minimum Gasteiger partial charge on any atom is -0.496 e. The Morgan fingerprint density at radius 2 is 1.89 bits per heavy atom. The molecule has 27 heavy (non-hydrogen) atoms. The first-order chi connectivity index (χ1) is 12.7. The largest absolute Gasteiger partial charge is 0.496 e. The number of piperazine rings is 1. The molecule has 2 heterocycles. The molecule has 1 aromatic heterocycles. The monoisotopic (exact) mass is 440 g/mol. The van der Waals surface area contributed by atoms with Gasteiger partial charge in [-0.2, -0.15) is 0 Å². The topological polar surface area (TPSA) is 67.8 Å². The summed E-state index contributed by atoms with van der Waals surface area (Å²) in [5, 5.41) is 0.520. The van der Waals surface area contributed by atoms with E-state index in [9.17, 15) is 9.18 Å². The lowest BCUT2D eigenvalue weighted by Crippen LogP contribution is -2.50. The molecule has 0 N–H and O–H groups in total. The van der Waals surface area contributed by atoms with E-state index in [0.717, 1.165) is 0 Å². The van der Waals surface area contributed by atoms with Gasteiger partial charge < -0.3 is 19.3 Å². The van der Waals surface area contributed by atoms with Gasteiger partial charge in [-0.15, -0.1) is 0 Å². The van der Waals surface area contributed by atoms with Crippen molar-refractivity contribution in [3.63, 3.8) is 0 Å². The summed E-state index contributed by atoms with van der Waals surface area (Å²) < 4.78 is 25.6. The minimum absolute atomic E-state index is 0.195. The number of rotatable bonds is 2. The van der Waals surface area contributed by atoms with Crippen molar-refractivity contribution in [2.75, 3.05) is 38.2 Å². The lowest BCUT2D eigenvalue weighted by Gasteiger charge is -2.36. The van der Waals surface area contributed by atoms with E-state index < -0.39 is 11.4 Å². The summed E-state index contributed by atoms with van der Waals surface area (Å²) >= 11 is 3.19. The van der Waals surface area contributed by atoms with Crippen LogP contribution in [0.4, 0.5) is 15.0 Å². The third-order valence-corrected chi connectivity index (χ3v) is 4.78. The molecule has 7 nitrogen and oxygen atoms in total. The van der Waals surface area contributed by atoms with E-state index in [4.69, 9.17) is 9.47 Å². The molecule has 0 bridgehead atoms. The second-order valence-corrected chi connectivity index (χ2v) is 8.10. The Morgan fingerprint density at radius 3 is 2.48 bits per heavy atom. The Balaban J connectivity index is 1.86. The van der Waals surface area contributed by atoms with Crippen LogP contribution in [0, 0.1) is 5.82 Å². The van der Waals surface area contributed by atoms with Crippen LogP contribution in [0.15, 0.2) is 16.9 Å². The van der Waals surface area contributed by atoms with Crippen molar-refractivity contribution in [1.29, 1.82) is 0 Å². The van der Waals surface area contributed by atoms with Gasteiger partial charge in [0.25, 0.3) is 0 Å². The summed E-state index contributed by atoms with van der Waals surface area (Å²) in [5.41, 5.74) is -0.337. The summed E-state index contributed by atoms with van der Waals surface area (Å²) in [6.07, 6.45) is 1.01. The zero-order chi connectivity index (χ0) is 19.8. The number of amides is 1. The standard InChI is InChI=1S/C18H22BrFN4O3/c1-18(2,3)27-17(25)24-7-5-23(6-8-24)16-13-12(26-4)9-11(19)14(20)15(13)21-10-22-16/h9-10H,5-8H2,1-4H3. The molecule has 1 aromatic carbocycles. The van der Waals surface area contributed by atoms with Crippen LogP contribution in [-0.4, -0.2) is 59.9 Å².